The van der Waals surface area contributed by atoms with Gasteiger partial charge in [-0.3, -0.25) is 0 Å². The molecule has 0 aliphatic carbocycles. The molecule has 0 aromatic carbocycles. The van der Waals surface area contributed by atoms with Crippen molar-refractivity contribution in [1.82, 2.24) is 14.5 Å². The fourth-order valence-corrected chi connectivity index (χ4v) is 1.80. The van der Waals surface area contributed by atoms with Gasteiger partial charge >= 0.3 is 0 Å². The van der Waals surface area contributed by atoms with Crippen molar-refractivity contribution in [3.05, 3.63) is 18.2 Å². The monoisotopic (exact) mass is 224 g/mol. The van der Waals surface area contributed by atoms with E-state index >= 15 is 0 Å². The predicted octanol–water partition coefficient (Wildman–Crippen LogP) is 1.02. The lowest BCUT2D eigenvalue weighted by molar-refractivity contribution is 0.221. The zero-order chi connectivity index (χ0) is 12.0. The van der Waals surface area contributed by atoms with Crippen LogP contribution in [-0.2, 0) is 13.5 Å². The third-order valence-electron chi connectivity index (χ3n) is 2.92. The van der Waals surface area contributed by atoms with E-state index < -0.39 is 0 Å². The van der Waals surface area contributed by atoms with E-state index in [1.807, 2.05) is 19.4 Å². The fraction of sp³-hybridized carbons (Fsp3) is 0.750. The van der Waals surface area contributed by atoms with E-state index in [9.17, 15) is 0 Å². The Labute approximate surface area is 98.5 Å². The van der Waals surface area contributed by atoms with E-state index in [0.717, 1.165) is 38.3 Å². The summed E-state index contributed by atoms with van der Waals surface area (Å²) in [5, 5.41) is 0. The number of imidazole rings is 1. The first-order valence-corrected chi connectivity index (χ1v) is 6.05. The van der Waals surface area contributed by atoms with Crippen molar-refractivity contribution < 1.29 is 0 Å². The SMILES string of the molecule is CC(C)N(CCCN)CCc1nccn1C. The largest absolute Gasteiger partial charge is 0.338 e. The smallest absolute Gasteiger partial charge is 0.109 e. The quantitative estimate of drug-likeness (QED) is 0.752. The first kappa shape index (κ1) is 13.2. The number of aryl methyl sites for hydroxylation is 1. The van der Waals surface area contributed by atoms with Crippen LogP contribution >= 0.6 is 0 Å². The molecular weight excluding hydrogens is 200 g/mol. The van der Waals surface area contributed by atoms with Gasteiger partial charge in [0.2, 0.25) is 0 Å². The lowest BCUT2D eigenvalue weighted by atomic mass is 10.2. The van der Waals surface area contributed by atoms with Gasteiger partial charge in [0.05, 0.1) is 0 Å². The summed E-state index contributed by atoms with van der Waals surface area (Å²) in [6.07, 6.45) is 5.93. The van der Waals surface area contributed by atoms with E-state index in [4.69, 9.17) is 5.73 Å². The maximum atomic E-state index is 5.55. The Balaban J connectivity index is 2.40. The van der Waals surface area contributed by atoms with Gasteiger partial charge in [-0.2, -0.15) is 0 Å². The molecule has 0 bridgehead atoms. The highest BCUT2D eigenvalue weighted by atomic mass is 15.1. The van der Waals surface area contributed by atoms with E-state index in [-0.39, 0.29) is 0 Å². The molecule has 92 valence electrons. The second kappa shape index (κ2) is 6.66. The molecule has 1 heterocycles. The summed E-state index contributed by atoms with van der Waals surface area (Å²) in [5.74, 6) is 1.15. The summed E-state index contributed by atoms with van der Waals surface area (Å²) in [7, 11) is 2.04. The van der Waals surface area contributed by atoms with Crippen LogP contribution in [0.15, 0.2) is 12.4 Å². The number of hydrogen-bond acceptors (Lipinski definition) is 3. The van der Waals surface area contributed by atoms with Gasteiger partial charge in [0.25, 0.3) is 0 Å². The molecule has 0 aliphatic rings. The van der Waals surface area contributed by atoms with Crippen molar-refractivity contribution >= 4 is 0 Å². The van der Waals surface area contributed by atoms with Gasteiger partial charge in [0, 0.05) is 38.4 Å². The molecule has 0 fully saturated rings. The molecule has 4 heteroatoms. The van der Waals surface area contributed by atoms with E-state index in [0.29, 0.717) is 6.04 Å². The zero-order valence-corrected chi connectivity index (χ0v) is 10.7. The summed E-state index contributed by atoms with van der Waals surface area (Å²) < 4.78 is 2.08. The van der Waals surface area contributed by atoms with Crippen molar-refractivity contribution in [2.24, 2.45) is 12.8 Å². The number of rotatable bonds is 7. The molecule has 0 amide bonds. The van der Waals surface area contributed by atoms with Gasteiger partial charge in [-0.1, -0.05) is 0 Å². The van der Waals surface area contributed by atoms with Gasteiger partial charge < -0.3 is 15.2 Å². The highest BCUT2D eigenvalue weighted by Gasteiger charge is 2.09. The molecule has 16 heavy (non-hydrogen) atoms. The topological polar surface area (TPSA) is 47.1 Å². The van der Waals surface area contributed by atoms with Gasteiger partial charge in [-0.05, 0) is 33.4 Å². The van der Waals surface area contributed by atoms with Gasteiger partial charge in [0.1, 0.15) is 5.82 Å². The Kier molecular flexibility index (Phi) is 5.49. The minimum Gasteiger partial charge on any atom is -0.338 e. The Morgan fingerprint density at radius 1 is 1.44 bits per heavy atom. The molecule has 4 nitrogen and oxygen atoms in total. The summed E-state index contributed by atoms with van der Waals surface area (Å²) in [4.78, 5) is 6.80. The third-order valence-corrected chi connectivity index (χ3v) is 2.92. The summed E-state index contributed by atoms with van der Waals surface area (Å²) in [5.41, 5.74) is 5.55. The molecule has 0 atom stereocenters. The normalized spacial score (nSPS) is 11.6. The standard InChI is InChI=1S/C12H24N4/c1-11(2)16(8-4-6-13)9-5-12-14-7-10-15(12)3/h7,10-11H,4-6,8-9,13H2,1-3H3. The molecule has 0 spiro atoms. The molecule has 1 aromatic heterocycles. The maximum Gasteiger partial charge on any atom is 0.109 e. The van der Waals surface area contributed by atoms with Crippen molar-refractivity contribution in [3.63, 3.8) is 0 Å². The van der Waals surface area contributed by atoms with Crippen LogP contribution in [0.2, 0.25) is 0 Å². The summed E-state index contributed by atoms with van der Waals surface area (Å²) >= 11 is 0. The number of nitrogens with zero attached hydrogens (tertiary/aromatic N) is 3. The Bertz CT molecular complexity index is 293. The zero-order valence-electron chi connectivity index (χ0n) is 10.7. The molecule has 1 rings (SSSR count). The van der Waals surface area contributed by atoms with E-state index in [2.05, 4.69) is 28.3 Å². The fourth-order valence-electron chi connectivity index (χ4n) is 1.80. The minimum absolute atomic E-state index is 0.576. The van der Waals surface area contributed by atoms with Crippen LogP contribution in [0.4, 0.5) is 0 Å². The highest BCUT2D eigenvalue weighted by molar-refractivity contribution is 4.91. The Hall–Kier alpha value is -0.870. The molecule has 0 saturated carbocycles. The second-order valence-electron chi connectivity index (χ2n) is 4.48. The van der Waals surface area contributed by atoms with E-state index in [1.54, 1.807) is 0 Å². The molecule has 1 aromatic rings. The van der Waals surface area contributed by atoms with Crippen molar-refractivity contribution in [1.29, 1.82) is 0 Å². The maximum absolute atomic E-state index is 5.55. The van der Waals surface area contributed by atoms with Crippen LogP contribution < -0.4 is 5.73 Å². The van der Waals surface area contributed by atoms with Crippen molar-refractivity contribution in [2.75, 3.05) is 19.6 Å². The van der Waals surface area contributed by atoms with Gasteiger partial charge in [-0.15, -0.1) is 0 Å². The molecule has 2 N–H and O–H groups in total. The van der Waals surface area contributed by atoms with Crippen molar-refractivity contribution in [3.8, 4) is 0 Å². The summed E-state index contributed by atoms with van der Waals surface area (Å²) in [6.45, 7) is 7.37. The molecule has 0 unspecified atom stereocenters. The van der Waals surface area contributed by atoms with E-state index in [1.165, 1.54) is 0 Å². The number of aromatic nitrogens is 2. The number of hydrogen-bond donors (Lipinski definition) is 1. The average Bonchev–Trinajstić information content (AvgIpc) is 2.64. The van der Waals surface area contributed by atoms with Crippen LogP contribution in [0.25, 0.3) is 0 Å². The molecule has 0 radical (unpaired) electrons. The Morgan fingerprint density at radius 3 is 2.69 bits per heavy atom. The lowest BCUT2D eigenvalue weighted by Crippen LogP contribution is -2.35. The molecule has 0 saturated heterocycles. The lowest BCUT2D eigenvalue weighted by Gasteiger charge is -2.26. The number of nitrogens with two attached hydrogens (primary N) is 1. The van der Waals surface area contributed by atoms with Crippen LogP contribution in [0.3, 0.4) is 0 Å². The average molecular weight is 224 g/mol. The highest BCUT2D eigenvalue weighted by Crippen LogP contribution is 2.03. The third kappa shape index (κ3) is 3.94. The molecule has 0 aliphatic heterocycles. The molecular formula is C12H24N4. The van der Waals surface area contributed by atoms with Gasteiger partial charge in [0.15, 0.2) is 0 Å². The first-order valence-electron chi connectivity index (χ1n) is 6.05. The second-order valence-corrected chi connectivity index (χ2v) is 4.48. The van der Waals surface area contributed by atoms with Crippen LogP contribution in [0, 0.1) is 0 Å². The first-order chi connectivity index (χ1) is 7.65. The van der Waals surface area contributed by atoms with Crippen LogP contribution in [0.1, 0.15) is 26.1 Å². The Morgan fingerprint density at radius 2 is 2.19 bits per heavy atom. The van der Waals surface area contributed by atoms with Crippen LogP contribution in [0.5, 0.6) is 0 Å². The minimum atomic E-state index is 0.576. The van der Waals surface area contributed by atoms with Crippen molar-refractivity contribution in [2.45, 2.75) is 32.7 Å². The summed E-state index contributed by atoms with van der Waals surface area (Å²) in [6, 6.07) is 0.576. The van der Waals surface area contributed by atoms with Crippen LogP contribution in [-0.4, -0.2) is 40.1 Å². The predicted molar refractivity (Wildman–Crippen MR) is 67.3 cm³/mol. The van der Waals surface area contributed by atoms with Gasteiger partial charge in [-0.25, -0.2) is 4.98 Å².